The van der Waals surface area contributed by atoms with Crippen molar-refractivity contribution in [3.05, 3.63) is 35.5 Å². The van der Waals surface area contributed by atoms with Crippen LogP contribution in [-0.4, -0.2) is 21.9 Å². The van der Waals surface area contributed by atoms with Gasteiger partial charge in [0.25, 0.3) is 0 Å². The number of alkyl halides is 3. The summed E-state index contributed by atoms with van der Waals surface area (Å²) in [7, 11) is 0. The van der Waals surface area contributed by atoms with Crippen LogP contribution in [0.1, 0.15) is 50.8 Å². The Kier molecular flexibility index (Phi) is 4.92. The molecule has 1 aliphatic carbocycles. The van der Waals surface area contributed by atoms with Crippen molar-refractivity contribution in [2.75, 3.05) is 10.6 Å². The second-order valence-electron chi connectivity index (χ2n) is 7.80. The molecule has 0 spiro atoms. The number of aromatic nitrogens is 2. The lowest BCUT2D eigenvalue weighted by Crippen LogP contribution is -2.27. The lowest BCUT2D eigenvalue weighted by molar-refractivity contribution is -0.274. The molecule has 0 atom stereocenters. The van der Waals surface area contributed by atoms with Crippen molar-refractivity contribution in [2.24, 2.45) is 0 Å². The van der Waals surface area contributed by atoms with Gasteiger partial charge < -0.3 is 15.4 Å². The van der Waals surface area contributed by atoms with Gasteiger partial charge in [0.2, 0.25) is 5.95 Å². The molecule has 1 saturated carbocycles. The van der Waals surface area contributed by atoms with Crippen molar-refractivity contribution in [2.45, 2.75) is 58.4 Å². The first-order chi connectivity index (χ1) is 12.5. The summed E-state index contributed by atoms with van der Waals surface area (Å²) in [5.41, 5.74) is 2.06. The van der Waals surface area contributed by atoms with E-state index in [4.69, 9.17) is 0 Å². The zero-order valence-corrected chi connectivity index (χ0v) is 15.7. The summed E-state index contributed by atoms with van der Waals surface area (Å²) in [6.07, 6.45) is -2.50. The summed E-state index contributed by atoms with van der Waals surface area (Å²) >= 11 is 0. The summed E-state index contributed by atoms with van der Waals surface area (Å²) in [6.45, 7) is 7.78. The number of rotatable bonds is 5. The van der Waals surface area contributed by atoms with Gasteiger partial charge in [0.05, 0.1) is 5.69 Å². The molecule has 0 amide bonds. The van der Waals surface area contributed by atoms with Crippen LogP contribution < -0.4 is 15.4 Å². The lowest BCUT2D eigenvalue weighted by Gasteiger charge is -2.21. The van der Waals surface area contributed by atoms with Crippen LogP contribution >= 0.6 is 0 Å². The lowest BCUT2D eigenvalue weighted by atomic mass is 10.1. The third kappa shape index (κ3) is 5.74. The number of hydrogen-bond acceptors (Lipinski definition) is 5. The summed E-state index contributed by atoms with van der Waals surface area (Å²) in [6, 6.07) is 6.06. The third-order valence-corrected chi connectivity index (χ3v) is 3.92. The molecule has 3 rings (SSSR count). The van der Waals surface area contributed by atoms with Crippen molar-refractivity contribution < 1.29 is 17.9 Å². The maximum Gasteiger partial charge on any atom is 0.573 e. The van der Waals surface area contributed by atoms with E-state index in [9.17, 15) is 13.2 Å². The first kappa shape index (κ1) is 19.3. The van der Waals surface area contributed by atoms with E-state index < -0.39 is 6.36 Å². The monoisotopic (exact) mass is 380 g/mol. The molecule has 5 nitrogen and oxygen atoms in total. The average Bonchev–Trinajstić information content (AvgIpc) is 3.31. The van der Waals surface area contributed by atoms with E-state index in [0.717, 1.165) is 18.5 Å². The van der Waals surface area contributed by atoms with E-state index >= 15 is 0 Å². The second-order valence-corrected chi connectivity index (χ2v) is 7.80. The van der Waals surface area contributed by atoms with Crippen LogP contribution in [-0.2, 0) is 0 Å². The van der Waals surface area contributed by atoms with Gasteiger partial charge in [-0.25, -0.2) is 4.98 Å². The van der Waals surface area contributed by atoms with E-state index in [2.05, 4.69) is 25.3 Å². The normalized spacial score (nSPS) is 14.8. The predicted molar refractivity (Wildman–Crippen MR) is 98.5 cm³/mol. The van der Waals surface area contributed by atoms with Crippen molar-refractivity contribution >= 4 is 17.5 Å². The van der Waals surface area contributed by atoms with Crippen LogP contribution in [0.5, 0.6) is 5.75 Å². The fraction of sp³-hybridized carbons (Fsp3) is 0.474. The van der Waals surface area contributed by atoms with E-state index in [0.29, 0.717) is 28.9 Å². The molecule has 1 fully saturated rings. The molecule has 0 saturated heterocycles. The van der Waals surface area contributed by atoms with Gasteiger partial charge in [-0.2, -0.15) is 4.98 Å². The Hall–Kier alpha value is -2.51. The van der Waals surface area contributed by atoms with Gasteiger partial charge in [-0.05, 0) is 64.3 Å². The van der Waals surface area contributed by atoms with Crippen LogP contribution in [0.4, 0.5) is 30.6 Å². The highest BCUT2D eigenvalue weighted by Crippen LogP contribution is 2.40. The minimum absolute atomic E-state index is 0.189. The van der Waals surface area contributed by atoms with Crippen molar-refractivity contribution in [1.82, 2.24) is 9.97 Å². The Balaban J connectivity index is 1.84. The molecule has 8 heteroatoms. The number of ether oxygens (including phenoxy) is 1. The summed E-state index contributed by atoms with van der Waals surface area (Å²) in [5, 5.41) is 6.46. The van der Waals surface area contributed by atoms with Gasteiger partial charge in [0.15, 0.2) is 0 Å². The third-order valence-electron chi connectivity index (χ3n) is 3.92. The molecular weight excluding hydrogens is 357 g/mol. The van der Waals surface area contributed by atoms with Gasteiger partial charge in [-0.15, -0.1) is 13.2 Å². The Morgan fingerprint density at radius 3 is 2.33 bits per heavy atom. The average molecular weight is 380 g/mol. The molecular formula is C19H23F3N4O. The number of nitrogens with one attached hydrogen (secondary N) is 2. The fourth-order valence-corrected chi connectivity index (χ4v) is 2.62. The van der Waals surface area contributed by atoms with Gasteiger partial charge >= 0.3 is 6.36 Å². The van der Waals surface area contributed by atoms with Crippen molar-refractivity contribution in [3.63, 3.8) is 0 Å². The molecule has 0 aliphatic heterocycles. The van der Waals surface area contributed by atoms with E-state index in [1.54, 1.807) is 13.0 Å². The number of nitrogens with zero attached hydrogens (tertiary/aromatic N) is 2. The Morgan fingerprint density at radius 2 is 1.78 bits per heavy atom. The molecule has 0 radical (unpaired) electrons. The van der Waals surface area contributed by atoms with E-state index in [-0.39, 0.29) is 11.3 Å². The zero-order chi connectivity index (χ0) is 19.8. The Morgan fingerprint density at radius 1 is 1.07 bits per heavy atom. The van der Waals surface area contributed by atoms with Crippen LogP contribution in [0.3, 0.4) is 0 Å². The van der Waals surface area contributed by atoms with E-state index in [1.165, 1.54) is 12.1 Å². The van der Waals surface area contributed by atoms with Crippen molar-refractivity contribution in [1.29, 1.82) is 0 Å². The fourth-order valence-electron chi connectivity index (χ4n) is 2.62. The first-order valence-electron chi connectivity index (χ1n) is 8.79. The highest BCUT2D eigenvalue weighted by Gasteiger charge is 2.31. The quantitative estimate of drug-likeness (QED) is 0.716. The molecule has 27 heavy (non-hydrogen) atoms. The summed E-state index contributed by atoms with van der Waals surface area (Å²) < 4.78 is 41.1. The molecule has 1 heterocycles. The van der Waals surface area contributed by atoms with Crippen LogP contribution in [0.2, 0.25) is 0 Å². The van der Waals surface area contributed by atoms with Gasteiger partial charge in [-0.1, -0.05) is 0 Å². The Bertz CT molecular complexity index is 827. The topological polar surface area (TPSA) is 59.1 Å². The SMILES string of the molecule is Cc1cc(OC(F)(F)F)ccc1Nc1cc(C2CC2)nc(NC(C)(C)C)n1. The molecule has 1 aromatic carbocycles. The van der Waals surface area contributed by atoms with Gasteiger partial charge in [-0.3, -0.25) is 0 Å². The molecule has 1 aromatic heterocycles. The van der Waals surface area contributed by atoms with Gasteiger partial charge in [0, 0.05) is 23.2 Å². The van der Waals surface area contributed by atoms with E-state index in [1.807, 2.05) is 26.8 Å². The largest absolute Gasteiger partial charge is 0.573 e. The van der Waals surface area contributed by atoms with Crippen LogP contribution in [0.15, 0.2) is 24.3 Å². The summed E-state index contributed by atoms with van der Waals surface area (Å²) in [5.74, 6) is 1.33. The smallest absolute Gasteiger partial charge is 0.406 e. The molecule has 2 aromatic rings. The minimum Gasteiger partial charge on any atom is -0.406 e. The van der Waals surface area contributed by atoms with Gasteiger partial charge in [0.1, 0.15) is 11.6 Å². The second kappa shape index (κ2) is 6.90. The number of benzene rings is 1. The first-order valence-corrected chi connectivity index (χ1v) is 8.79. The number of hydrogen-bond donors (Lipinski definition) is 2. The highest BCUT2D eigenvalue weighted by molar-refractivity contribution is 5.63. The molecule has 146 valence electrons. The molecule has 0 bridgehead atoms. The standard InChI is InChI=1S/C19H23F3N4O/c1-11-9-13(27-19(20,21)22)7-8-14(11)23-16-10-15(12-5-6-12)24-17(25-16)26-18(2,3)4/h7-10,12H,5-6H2,1-4H3,(H2,23,24,25,26). The van der Waals surface area contributed by atoms with Crippen LogP contribution in [0, 0.1) is 6.92 Å². The highest BCUT2D eigenvalue weighted by atomic mass is 19.4. The number of aryl methyl sites for hydroxylation is 1. The van der Waals surface area contributed by atoms with Crippen molar-refractivity contribution in [3.8, 4) is 5.75 Å². The maximum atomic E-state index is 12.4. The maximum absolute atomic E-state index is 12.4. The molecule has 2 N–H and O–H groups in total. The zero-order valence-electron chi connectivity index (χ0n) is 15.7. The number of halogens is 3. The molecule has 1 aliphatic rings. The molecule has 0 unspecified atom stereocenters. The Labute approximate surface area is 156 Å². The minimum atomic E-state index is -4.71. The predicted octanol–water partition coefficient (Wildman–Crippen LogP) is 5.52. The summed E-state index contributed by atoms with van der Waals surface area (Å²) in [4.78, 5) is 9.09. The van der Waals surface area contributed by atoms with Crippen LogP contribution in [0.25, 0.3) is 0 Å². The number of anilines is 3.